The Balaban J connectivity index is 2.08. The van der Waals surface area contributed by atoms with Gasteiger partial charge in [-0.1, -0.05) is 43.2 Å². The Morgan fingerprint density at radius 3 is 2.06 bits per heavy atom. The van der Waals surface area contributed by atoms with Crippen molar-refractivity contribution < 1.29 is 28.4 Å². The van der Waals surface area contributed by atoms with E-state index in [0.29, 0.717) is 24.7 Å². The number of carbonyl (C=O) groups excluding carboxylic acids is 2. The maximum atomic E-state index is 12.8. The van der Waals surface area contributed by atoms with Crippen molar-refractivity contribution in [2.75, 3.05) is 14.2 Å². The Kier molecular flexibility index (Phi) is 9.10. The van der Waals surface area contributed by atoms with Crippen LogP contribution in [0.25, 0.3) is 0 Å². The highest BCUT2D eigenvalue weighted by molar-refractivity contribution is 6.54. The summed E-state index contributed by atoms with van der Waals surface area (Å²) in [5, 5.41) is 9.75. The number of hydrogen-bond acceptors (Lipinski definition) is 7. The summed E-state index contributed by atoms with van der Waals surface area (Å²) in [5.41, 5.74) is -1.06. The van der Waals surface area contributed by atoms with Crippen molar-refractivity contribution in [3.05, 3.63) is 47.9 Å². The molecule has 0 unspecified atom stereocenters. The molecule has 34 heavy (non-hydrogen) atoms. The zero-order chi connectivity index (χ0) is 25.6. The quantitative estimate of drug-likeness (QED) is 0.205. The monoisotopic (exact) mass is 469 g/mol. The topological polar surface area (TPSA) is 94.9 Å². The molecule has 0 aliphatic carbocycles. The van der Waals surface area contributed by atoms with E-state index in [1.54, 1.807) is 0 Å². The summed E-state index contributed by atoms with van der Waals surface area (Å²) < 4.78 is 22.1. The maximum absolute atomic E-state index is 12.8. The summed E-state index contributed by atoms with van der Waals surface area (Å²) in [6.07, 6.45) is 2.04. The van der Waals surface area contributed by atoms with E-state index < -0.39 is 41.6 Å². The molecule has 184 valence electrons. The fourth-order valence-corrected chi connectivity index (χ4v) is 4.12. The predicted octanol–water partition coefficient (Wildman–Crippen LogP) is 4.45. The van der Waals surface area contributed by atoms with Crippen LogP contribution >= 0.6 is 0 Å². The van der Waals surface area contributed by atoms with Crippen LogP contribution in [0.5, 0.6) is 0 Å². The molecule has 0 radical (unpaired) electrons. The molecule has 0 bridgehead atoms. The lowest BCUT2D eigenvalue weighted by atomic mass is 9.70. The number of nitriles is 1. The summed E-state index contributed by atoms with van der Waals surface area (Å²) in [4.78, 5) is 25.6. The number of hydrogen-bond donors (Lipinski definition) is 0. The zero-order valence-corrected chi connectivity index (χ0v) is 21.2. The average Bonchev–Trinajstić information content (AvgIpc) is 3.04. The molecular formula is C26H36BNO6. The van der Waals surface area contributed by atoms with Crippen molar-refractivity contribution in [1.29, 1.82) is 5.26 Å². The molecule has 7 nitrogen and oxygen atoms in total. The third kappa shape index (κ3) is 5.89. The van der Waals surface area contributed by atoms with Crippen molar-refractivity contribution >= 4 is 19.1 Å². The summed E-state index contributed by atoms with van der Waals surface area (Å²) in [6.45, 7) is 11.9. The molecule has 1 aromatic carbocycles. The molecular weight excluding hydrogens is 433 g/mol. The SMILES string of the molecule is C=C(B1OC(C)(C)C(C)(C)O1)[C@H](C#N)CCCCC(Cc1ccccc1)(C(=O)OC)C(=O)OC. The Hall–Kier alpha value is -2.63. The lowest BCUT2D eigenvalue weighted by Crippen LogP contribution is -2.43. The van der Waals surface area contributed by atoms with Gasteiger partial charge in [0.05, 0.1) is 37.4 Å². The van der Waals surface area contributed by atoms with Gasteiger partial charge in [0.2, 0.25) is 0 Å². The van der Waals surface area contributed by atoms with E-state index in [-0.39, 0.29) is 12.8 Å². The summed E-state index contributed by atoms with van der Waals surface area (Å²) in [5.74, 6) is -1.72. The number of esters is 2. The Morgan fingerprint density at radius 2 is 1.59 bits per heavy atom. The number of methoxy groups -OCH3 is 2. The van der Waals surface area contributed by atoms with E-state index in [1.165, 1.54) is 14.2 Å². The van der Waals surface area contributed by atoms with Crippen molar-refractivity contribution in [2.45, 2.75) is 71.0 Å². The number of nitrogens with zero attached hydrogens (tertiary/aromatic N) is 1. The fourth-order valence-electron chi connectivity index (χ4n) is 4.12. The van der Waals surface area contributed by atoms with Crippen LogP contribution in [-0.4, -0.2) is 44.5 Å². The number of unbranched alkanes of at least 4 members (excludes halogenated alkanes) is 1. The van der Waals surface area contributed by atoms with Gasteiger partial charge in [-0.05, 0) is 58.0 Å². The predicted molar refractivity (Wildman–Crippen MR) is 129 cm³/mol. The minimum Gasteiger partial charge on any atom is -0.468 e. The lowest BCUT2D eigenvalue weighted by molar-refractivity contribution is -0.169. The molecule has 2 rings (SSSR count). The molecule has 1 atom stereocenters. The fraction of sp³-hybridized carbons (Fsp3) is 0.577. The van der Waals surface area contributed by atoms with Crippen LogP contribution in [0.4, 0.5) is 0 Å². The van der Waals surface area contributed by atoms with E-state index >= 15 is 0 Å². The van der Waals surface area contributed by atoms with Crippen LogP contribution in [-0.2, 0) is 34.8 Å². The van der Waals surface area contributed by atoms with Gasteiger partial charge < -0.3 is 18.8 Å². The van der Waals surface area contributed by atoms with Crippen LogP contribution in [0.3, 0.4) is 0 Å². The first-order valence-corrected chi connectivity index (χ1v) is 11.6. The third-order valence-corrected chi connectivity index (χ3v) is 7.01. The van der Waals surface area contributed by atoms with E-state index in [9.17, 15) is 14.9 Å². The highest BCUT2D eigenvalue weighted by atomic mass is 16.7. The van der Waals surface area contributed by atoms with Crippen LogP contribution < -0.4 is 0 Å². The Morgan fingerprint density at radius 1 is 1.06 bits per heavy atom. The van der Waals surface area contributed by atoms with Crippen LogP contribution in [0, 0.1) is 22.7 Å². The first kappa shape index (κ1) is 27.6. The smallest absolute Gasteiger partial charge is 0.468 e. The first-order chi connectivity index (χ1) is 15.9. The minimum atomic E-state index is -1.45. The van der Waals surface area contributed by atoms with Gasteiger partial charge in [-0.2, -0.15) is 5.26 Å². The molecule has 1 saturated heterocycles. The third-order valence-electron chi connectivity index (χ3n) is 7.01. The van der Waals surface area contributed by atoms with Crippen molar-refractivity contribution in [3.63, 3.8) is 0 Å². The molecule has 0 saturated carbocycles. The molecule has 0 N–H and O–H groups in total. The summed E-state index contributed by atoms with van der Waals surface area (Å²) in [6, 6.07) is 11.6. The highest BCUT2D eigenvalue weighted by Crippen LogP contribution is 2.40. The second-order valence-corrected chi connectivity index (χ2v) is 9.82. The molecule has 0 amide bonds. The normalized spacial score (nSPS) is 17.5. The zero-order valence-electron chi connectivity index (χ0n) is 21.2. The van der Waals surface area contributed by atoms with Crippen LogP contribution in [0.1, 0.15) is 58.9 Å². The van der Waals surface area contributed by atoms with E-state index in [2.05, 4.69) is 12.6 Å². The van der Waals surface area contributed by atoms with Gasteiger partial charge in [0.25, 0.3) is 0 Å². The number of carbonyl (C=O) groups is 2. The lowest BCUT2D eigenvalue weighted by Gasteiger charge is -2.32. The Labute approximate surface area is 203 Å². The molecule has 1 heterocycles. The summed E-state index contributed by atoms with van der Waals surface area (Å²) in [7, 11) is 1.88. The van der Waals surface area contributed by atoms with Gasteiger partial charge in [-0.25, -0.2) is 0 Å². The second kappa shape index (κ2) is 11.2. The molecule has 8 heteroatoms. The van der Waals surface area contributed by atoms with Gasteiger partial charge in [0.15, 0.2) is 5.41 Å². The van der Waals surface area contributed by atoms with E-state index in [1.807, 2.05) is 58.0 Å². The number of rotatable bonds is 11. The van der Waals surface area contributed by atoms with Gasteiger partial charge in [-0.3, -0.25) is 9.59 Å². The van der Waals surface area contributed by atoms with E-state index in [4.69, 9.17) is 18.8 Å². The summed E-state index contributed by atoms with van der Waals surface area (Å²) >= 11 is 0. The highest BCUT2D eigenvalue weighted by Gasteiger charge is 2.53. The van der Waals surface area contributed by atoms with Gasteiger partial charge in [-0.15, -0.1) is 6.58 Å². The first-order valence-electron chi connectivity index (χ1n) is 11.6. The average molecular weight is 469 g/mol. The van der Waals surface area contributed by atoms with Crippen molar-refractivity contribution in [3.8, 4) is 6.07 Å². The molecule has 0 spiro atoms. The van der Waals surface area contributed by atoms with Gasteiger partial charge in [0.1, 0.15) is 0 Å². The van der Waals surface area contributed by atoms with Crippen LogP contribution in [0.2, 0.25) is 0 Å². The molecule has 1 aliphatic heterocycles. The van der Waals surface area contributed by atoms with Gasteiger partial charge >= 0.3 is 19.1 Å². The molecule has 1 aromatic rings. The second-order valence-electron chi connectivity index (χ2n) is 9.82. The van der Waals surface area contributed by atoms with Gasteiger partial charge in [0, 0.05) is 0 Å². The van der Waals surface area contributed by atoms with Crippen molar-refractivity contribution in [1.82, 2.24) is 0 Å². The molecule has 0 aromatic heterocycles. The van der Waals surface area contributed by atoms with Crippen molar-refractivity contribution in [2.24, 2.45) is 11.3 Å². The molecule has 1 aliphatic rings. The number of ether oxygens (including phenoxy) is 2. The maximum Gasteiger partial charge on any atom is 0.491 e. The number of benzene rings is 1. The largest absolute Gasteiger partial charge is 0.491 e. The van der Waals surface area contributed by atoms with Crippen LogP contribution in [0.15, 0.2) is 42.4 Å². The Bertz CT molecular complexity index is 889. The molecule has 1 fully saturated rings. The van der Waals surface area contributed by atoms with E-state index in [0.717, 1.165) is 5.56 Å². The minimum absolute atomic E-state index is 0.176. The number of allylic oxidation sites excluding steroid dienone is 1. The standard InChI is InChI=1S/C26H36BNO6/c1-19(27-33-24(2,3)25(4,5)34-27)21(18-28)15-11-12-16-26(22(29)31-6,23(30)32-7)17-20-13-9-8-10-14-20/h8-10,13-14,21H,1,11-12,15-17H2,2-7H3/t21-/m0/s1.